The molecule has 17 heavy (non-hydrogen) atoms. The number of nitrogens with two attached hydrogens (primary N) is 1. The first-order valence-corrected chi connectivity index (χ1v) is 6.04. The van der Waals surface area contributed by atoms with Gasteiger partial charge in [0.25, 0.3) is 0 Å². The lowest BCUT2D eigenvalue weighted by Crippen LogP contribution is -2.23. The van der Waals surface area contributed by atoms with Crippen molar-refractivity contribution in [3.8, 4) is 5.75 Å². The van der Waals surface area contributed by atoms with Crippen LogP contribution in [0, 0.1) is 0 Å². The minimum Gasteiger partial charge on any atom is -0.497 e. The van der Waals surface area contributed by atoms with Gasteiger partial charge in [-0.3, -0.25) is 0 Å². The molecule has 0 bridgehead atoms. The third-order valence-electron chi connectivity index (χ3n) is 1.91. The SMILES string of the molecule is COc1ccc(N)c(S(=O)(=O)CC(F)(F)F)c1. The first-order valence-electron chi connectivity index (χ1n) is 4.39. The maximum absolute atomic E-state index is 12.1. The smallest absolute Gasteiger partial charge is 0.403 e. The van der Waals surface area contributed by atoms with E-state index in [0.29, 0.717) is 0 Å². The fourth-order valence-corrected chi connectivity index (χ4v) is 2.51. The van der Waals surface area contributed by atoms with Gasteiger partial charge in [0, 0.05) is 6.07 Å². The lowest BCUT2D eigenvalue weighted by Gasteiger charge is -2.11. The Morgan fingerprint density at radius 1 is 1.35 bits per heavy atom. The molecule has 0 spiro atoms. The topological polar surface area (TPSA) is 69.4 Å². The molecule has 0 saturated heterocycles. The van der Waals surface area contributed by atoms with Crippen molar-refractivity contribution in [3.05, 3.63) is 18.2 Å². The monoisotopic (exact) mass is 269 g/mol. The summed E-state index contributed by atoms with van der Waals surface area (Å²) >= 11 is 0. The van der Waals surface area contributed by atoms with Crippen LogP contribution in [0.5, 0.6) is 5.75 Å². The molecule has 1 rings (SSSR count). The summed E-state index contributed by atoms with van der Waals surface area (Å²) in [5.41, 5.74) is 5.11. The highest BCUT2D eigenvalue weighted by molar-refractivity contribution is 7.91. The fraction of sp³-hybridized carbons (Fsp3) is 0.333. The molecule has 0 fully saturated rings. The second-order valence-electron chi connectivity index (χ2n) is 3.28. The molecule has 0 aromatic heterocycles. The Morgan fingerprint density at radius 2 is 1.94 bits per heavy atom. The Morgan fingerprint density at radius 3 is 2.41 bits per heavy atom. The van der Waals surface area contributed by atoms with Gasteiger partial charge < -0.3 is 10.5 Å². The predicted molar refractivity (Wildman–Crippen MR) is 55.5 cm³/mol. The maximum atomic E-state index is 12.1. The summed E-state index contributed by atoms with van der Waals surface area (Å²) in [5.74, 6) is -1.82. The lowest BCUT2D eigenvalue weighted by molar-refractivity contribution is -0.106. The van der Waals surface area contributed by atoms with Gasteiger partial charge in [-0.2, -0.15) is 13.2 Å². The minimum atomic E-state index is -4.81. The van der Waals surface area contributed by atoms with Crippen molar-refractivity contribution in [2.45, 2.75) is 11.1 Å². The van der Waals surface area contributed by atoms with Gasteiger partial charge in [0.2, 0.25) is 0 Å². The van der Waals surface area contributed by atoms with E-state index in [1.807, 2.05) is 0 Å². The number of methoxy groups -OCH3 is 1. The van der Waals surface area contributed by atoms with Gasteiger partial charge in [-0.25, -0.2) is 8.42 Å². The van der Waals surface area contributed by atoms with Gasteiger partial charge in [0.1, 0.15) is 5.75 Å². The zero-order valence-corrected chi connectivity index (χ0v) is 9.60. The number of alkyl halides is 3. The van der Waals surface area contributed by atoms with Crippen LogP contribution in [0.3, 0.4) is 0 Å². The zero-order valence-electron chi connectivity index (χ0n) is 8.78. The highest BCUT2D eigenvalue weighted by Gasteiger charge is 2.36. The van der Waals surface area contributed by atoms with E-state index in [2.05, 4.69) is 0 Å². The summed E-state index contributed by atoms with van der Waals surface area (Å²) in [6.07, 6.45) is -4.81. The molecule has 0 heterocycles. The summed E-state index contributed by atoms with van der Waals surface area (Å²) in [5, 5.41) is 0. The second-order valence-corrected chi connectivity index (χ2v) is 5.24. The Bertz CT molecular complexity index is 511. The quantitative estimate of drug-likeness (QED) is 0.846. The van der Waals surface area contributed by atoms with Crippen molar-refractivity contribution in [3.63, 3.8) is 0 Å². The van der Waals surface area contributed by atoms with Gasteiger partial charge in [0.15, 0.2) is 15.6 Å². The molecular formula is C9H10F3NO3S. The molecule has 0 aliphatic heterocycles. The van der Waals surface area contributed by atoms with Gasteiger partial charge in [-0.1, -0.05) is 0 Å². The standard InChI is InChI=1S/C9H10F3NO3S/c1-16-6-2-3-7(13)8(4-6)17(14,15)5-9(10,11)12/h2-4H,5,13H2,1H3. The largest absolute Gasteiger partial charge is 0.497 e. The molecule has 0 aliphatic rings. The molecule has 8 heteroatoms. The predicted octanol–water partition coefficient (Wildman–Crippen LogP) is 1.61. The summed E-state index contributed by atoms with van der Waals surface area (Å²) in [4.78, 5) is -0.575. The van der Waals surface area contributed by atoms with Crippen LogP contribution in [0.15, 0.2) is 23.1 Å². The van der Waals surface area contributed by atoms with E-state index < -0.39 is 26.7 Å². The molecule has 96 valence electrons. The number of ether oxygens (including phenoxy) is 1. The van der Waals surface area contributed by atoms with E-state index in [1.54, 1.807) is 0 Å². The van der Waals surface area contributed by atoms with Crippen LogP contribution in [-0.2, 0) is 9.84 Å². The average molecular weight is 269 g/mol. The van der Waals surface area contributed by atoms with Crippen molar-refractivity contribution in [2.24, 2.45) is 0 Å². The number of benzene rings is 1. The fourth-order valence-electron chi connectivity index (χ4n) is 1.20. The molecule has 0 radical (unpaired) electrons. The molecule has 4 nitrogen and oxygen atoms in total. The molecular weight excluding hydrogens is 259 g/mol. The molecule has 2 N–H and O–H groups in total. The van der Waals surface area contributed by atoms with Crippen molar-refractivity contribution in [1.29, 1.82) is 0 Å². The third-order valence-corrected chi connectivity index (χ3v) is 3.64. The highest BCUT2D eigenvalue weighted by atomic mass is 32.2. The normalized spacial score (nSPS) is 12.5. The summed E-state index contributed by atoms with van der Waals surface area (Å²) in [7, 11) is -3.24. The molecule has 0 amide bonds. The van der Waals surface area contributed by atoms with Crippen molar-refractivity contribution in [1.82, 2.24) is 0 Å². The Balaban J connectivity index is 3.23. The minimum absolute atomic E-state index is 0.125. The Kier molecular flexibility index (Phi) is 3.56. The average Bonchev–Trinajstić information content (AvgIpc) is 2.14. The van der Waals surface area contributed by atoms with E-state index in [4.69, 9.17) is 10.5 Å². The number of anilines is 1. The van der Waals surface area contributed by atoms with Crippen molar-refractivity contribution >= 4 is 15.5 Å². The van der Waals surface area contributed by atoms with Crippen LogP contribution in [0.25, 0.3) is 0 Å². The van der Waals surface area contributed by atoms with Crippen LogP contribution in [-0.4, -0.2) is 27.5 Å². The van der Waals surface area contributed by atoms with E-state index in [9.17, 15) is 21.6 Å². The van der Waals surface area contributed by atoms with Crippen LogP contribution in [0.1, 0.15) is 0 Å². The summed E-state index contributed by atoms with van der Waals surface area (Å²) in [6.45, 7) is 0. The molecule has 0 unspecified atom stereocenters. The van der Waals surface area contributed by atoms with Crippen LogP contribution >= 0.6 is 0 Å². The number of nitrogen functional groups attached to an aromatic ring is 1. The maximum Gasteiger partial charge on any atom is 0.403 e. The van der Waals surface area contributed by atoms with E-state index in [1.165, 1.54) is 19.2 Å². The van der Waals surface area contributed by atoms with Crippen LogP contribution in [0.2, 0.25) is 0 Å². The number of halogens is 3. The van der Waals surface area contributed by atoms with E-state index in [0.717, 1.165) is 6.07 Å². The molecule has 0 saturated carbocycles. The number of sulfone groups is 1. The number of rotatable bonds is 3. The van der Waals surface area contributed by atoms with Crippen molar-refractivity contribution < 1.29 is 26.3 Å². The van der Waals surface area contributed by atoms with Crippen LogP contribution < -0.4 is 10.5 Å². The van der Waals surface area contributed by atoms with Gasteiger partial charge in [-0.15, -0.1) is 0 Å². The van der Waals surface area contributed by atoms with E-state index in [-0.39, 0.29) is 11.4 Å². The summed E-state index contributed by atoms with van der Waals surface area (Å²) in [6, 6.07) is 3.51. The number of hydrogen-bond donors (Lipinski definition) is 1. The van der Waals surface area contributed by atoms with Gasteiger partial charge in [-0.05, 0) is 12.1 Å². The van der Waals surface area contributed by atoms with Crippen molar-refractivity contribution in [2.75, 3.05) is 18.6 Å². The van der Waals surface area contributed by atoms with Gasteiger partial charge >= 0.3 is 6.18 Å². The molecule has 0 atom stereocenters. The zero-order chi connectivity index (χ0) is 13.3. The lowest BCUT2D eigenvalue weighted by atomic mass is 10.3. The number of hydrogen-bond acceptors (Lipinski definition) is 4. The summed E-state index contributed by atoms with van der Waals surface area (Å²) < 4.78 is 64.0. The molecule has 1 aromatic carbocycles. The van der Waals surface area contributed by atoms with Gasteiger partial charge in [0.05, 0.1) is 17.7 Å². The first kappa shape index (κ1) is 13.6. The Hall–Kier alpha value is -1.44. The Labute approximate surface area is 96.1 Å². The molecule has 1 aromatic rings. The first-order chi connectivity index (χ1) is 7.65. The second kappa shape index (κ2) is 4.44. The third kappa shape index (κ3) is 3.52. The highest BCUT2D eigenvalue weighted by Crippen LogP contribution is 2.28. The van der Waals surface area contributed by atoms with E-state index >= 15 is 0 Å². The van der Waals surface area contributed by atoms with Crippen LogP contribution in [0.4, 0.5) is 18.9 Å². The molecule has 0 aliphatic carbocycles.